The minimum absolute atomic E-state index is 0.0369. The topological polar surface area (TPSA) is 80.8 Å². The number of sulfonamides is 1. The fourth-order valence-electron chi connectivity index (χ4n) is 3.58. The second-order valence-corrected chi connectivity index (χ2v) is 9.72. The Morgan fingerprint density at radius 2 is 1.70 bits per heavy atom. The van der Waals surface area contributed by atoms with Crippen molar-refractivity contribution in [2.45, 2.75) is 37.3 Å². The maximum atomic E-state index is 12.9. The van der Waals surface area contributed by atoms with Crippen molar-refractivity contribution in [3.05, 3.63) is 65.2 Å². The molecule has 10 heteroatoms. The molecule has 2 aromatic carbocycles. The van der Waals surface area contributed by atoms with Gasteiger partial charge in [0.2, 0.25) is 10.0 Å². The number of ether oxygens (including phenoxy) is 1. The van der Waals surface area contributed by atoms with Crippen LogP contribution >= 0.6 is 0 Å². The van der Waals surface area contributed by atoms with Gasteiger partial charge in [-0.05, 0) is 43.0 Å². The summed E-state index contributed by atoms with van der Waals surface area (Å²) in [6.07, 6.45) is -3.52. The number of hydrogen-bond donors (Lipinski definition) is 0. The summed E-state index contributed by atoms with van der Waals surface area (Å²) in [6.45, 7) is 1.51. The second kappa shape index (κ2) is 10.0. The summed E-state index contributed by atoms with van der Waals surface area (Å²) in [5.74, 6) is -1.52. The summed E-state index contributed by atoms with van der Waals surface area (Å²) < 4.78 is 70.5. The number of benzene rings is 2. The van der Waals surface area contributed by atoms with Gasteiger partial charge in [-0.1, -0.05) is 37.3 Å². The molecule has 0 spiro atoms. The maximum absolute atomic E-state index is 12.9. The normalized spacial score (nSPS) is 15.9. The van der Waals surface area contributed by atoms with Crippen LogP contribution in [0.2, 0.25) is 0 Å². The molecule has 33 heavy (non-hydrogen) atoms. The lowest BCUT2D eigenvalue weighted by atomic mass is 9.98. The van der Waals surface area contributed by atoms with Crippen molar-refractivity contribution in [3.8, 4) is 0 Å². The lowest BCUT2D eigenvalue weighted by Crippen LogP contribution is -2.40. The van der Waals surface area contributed by atoms with E-state index in [1.807, 2.05) is 19.1 Å². The van der Waals surface area contributed by atoms with Crippen LogP contribution in [0.4, 0.5) is 13.2 Å². The van der Waals surface area contributed by atoms with Crippen LogP contribution in [0.1, 0.15) is 41.3 Å². The molecule has 6 nitrogen and oxygen atoms in total. The van der Waals surface area contributed by atoms with E-state index in [1.54, 1.807) is 12.1 Å². The molecule has 0 N–H and O–H groups in total. The molecule has 3 rings (SSSR count). The summed E-state index contributed by atoms with van der Waals surface area (Å²) in [4.78, 5) is 24.1. The fourth-order valence-corrected chi connectivity index (χ4v) is 5.09. The van der Waals surface area contributed by atoms with Gasteiger partial charge in [0.05, 0.1) is 16.4 Å². The first-order valence-corrected chi connectivity index (χ1v) is 11.9. The van der Waals surface area contributed by atoms with Crippen molar-refractivity contribution in [1.29, 1.82) is 0 Å². The Balaban J connectivity index is 1.55. The van der Waals surface area contributed by atoms with Gasteiger partial charge in [0.1, 0.15) is 0 Å². The molecule has 0 radical (unpaired) electrons. The van der Waals surface area contributed by atoms with Gasteiger partial charge in [0.15, 0.2) is 12.4 Å². The van der Waals surface area contributed by atoms with Crippen molar-refractivity contribution < 1.29 is 35.9 Å². The third-order valence-corrected chi connectivity index (χ3v) is 7.51. The average molecular weight is 484 g/mol. The van der Waals surface area contributed by atoms with Gasteiger partial charge < -0.3 is 4.74 Å². The van der Waals surface area contributed by atoms with Crippen LogP contribution in [0.5, 0.6) is 0 Å². The van der Waals surface area contributed by atoms with Crippen LogP contribution < -0.4 is 0 Å². The van der Waals surface area contributed by atoms with E-state index in [1.165, 1.54) is 0 Å². The quantitative estimate of drug-likeness (QED) is 0.438. The Labute approximate surface area is 190 Å². The second-order valence-electron chi connectivity index (χ2n) is 7.79. The number of carbonyl (C=O) groups excluding carboxylic acids is 2. The van der Waals surface area contributed by atoms with Crippen LogP contribution in [-0.4, -0.2) is 44.2 Å². The molecule has 0 atom stereocenters. The molecule has 0 aromatic heterocycles. The number of ketones is 1. The first kappa shape index (κ1) is 24.9. The predicted molar refractivity (Wildman–Crippen MR) is 114 cm³/mol. The highest BCUT2D eigenvalue weighted by Gasteiger charge is 2.35. The SMILES string of the molecule is CCc1ccc(C(=O)COC(=O)C2CCN(S(=O)(=O)c3cccc(C(F)(F)F)c3)CC2)cc1. The number of rotatable bonds is 7. The standard InChI is InChI=1S/C23H24F3NO5S/c1-2-16-6-8-17(9-7-16)21(28)15-32-22(29)18-10-12-27(13-11-18)33(30,31)20-5-3-4-19(14-20)23(24,25)26/h3-9,14,18H,2,10-13,15H2,1H3. The molecule has 1 heterocycles. The molecule has 0 aliphatic carbocycles. The molecular formula is C23H24F3NO5S. The molecule has 1 fully saturated rings. The number of aryl methyl sites for hydroxylation is 1. The van der Waals surface area contributed by atoms with Gasteiger partial charge in [-0.3, -0.25) is 9.59 Å². The first-order chi connectivity index (χ1) is 15.5. The van der Waals surface area contributed by atoms with E-state index < -0.39 is 45.2 Å². The Bertz CT molecular complexity index is 1110. The Morgan fingerprint density at radius 3 is 2.27 bits per heavy atom. The van der Waals surface area contributed by atoms with E-state index in [-0.39, 0.29) is 31.7 Å². The predicted octanol–water partition coefficient (Wildman–Crippen LogP) is 4.09. The summed E-state index contributed by atoms with van der Waals surface area (Å²) in [5, 5.41) is 0. The number of nitrogens with zero attached hydrogens (tertiary/aromatic N) is 1. The molecule has 0 unspecified atom stereocenters. The highest BCUT2D eigenvalue weighted by Crippen LogP contribution is 2.32. The zero-order valence-electron chi connectivity index (χ0n) is 18.0. The van der Waals surface area contributed by atoms with Gasteiger partial charge in [0, 0.05) is 18.7 Å². The first-order valence-electron chi connectivity index (χ1n) is 10.5. The molecule has 0 amide bonds. The summed E-state index contributed by atoms with van der Waals surface area (Å²) in [6, 6.07) is 10.6. The third-order valence-electron chi connectivity index (χ3n) is 5.62. The fraction of sp³-hybridized carbons (Fsp3) is 0.391. The van der Waals surface area contributed by atoms with Gasteiger partial charge >= 0.3 is 12.1 Å². The van der Waals surface area contributed by atoms with Crippen molar-refractivity contribution in [2.24, 2.45) is 5.92 Å². The number of esters is 1. The number of piperidine rings is 1. The van der Waals surface area contributed by atoms with E-state index in [2.05, 4.69) is 0 Å². The lowest BCUT2D eigenvalue weighted by molar-refractivity contribution is -0.148. The monoisotopic (exact) mass is 483 g/mol. The van der Waals surface area contributed by atoms with Gasteiger partial charge in [-0.15, -0.1) is 0 Å². The number of Topliss-reactive ketones (excluding diaryl/α,β-unsaturated/α-hetero) is 1. The van der Waals surface area contributed by atoms with Crippen LogP contribution in [0.25, 0.3) is 0 Å². The minimum Gasteiger partial charge on any atom is -0.457 e. The molecule has 0 saturated carbocycles. The third kappa shape index (κ3) is 6.00. The highest BCUT2D eigenvalue weighted by molar-refractivity contribution is 7.89. The highest BCUT2D eigenvalue weighted by atomic mass is 32.2. The van der Waals surface area contributed by atoms with E-state index >= 15 is 0 Å². The zero-order chi connectivity index (χ0) is 24.2. The average Bonchev–Trinajstić information content (AvgIpc) is 2.82. The zero-order valence-corrected chi connectivity index (χ0v) is 18.8. The number of carbonyl (C=O) groups is 2. The van der Waals surface area contributed by atoms with E-state index in [0.29, 0.717) is 11.6 Å². The van der Waals surface area contributed by atoms with Crippen molar-refractivity contribution in [3.63, 3.8) is 0 Å². The van der Waals surface area contributed by atoms with Crippen LogP contribution in [-0.2, 0) is 32.2 Å². The van der Waals surface area contributed by atoms with Crippen molar-refractivity contribution in [1.82, 2.24) is 4.31 Å². The molecule has 1 aliphatic heterocycles. The minimum atomic E-state index is -4.66. The van der Waals surface area contributed by atoms with Gasteiger partial charge in [0.25, 0.3) is 0 Å². The number of alkyl halides is 3. The molecule has 1 saturated heterocycles. The van der Waals surface area contributed by atoms with Crippen molar-refractivity contribution in [2.75, 3.05) is 19.7 Å². The molecule has 178 valence electrons. The summed E-state index contributed by atoms with van der Waals surface area (Å²) in [7, 11) is -4.13. The summed E-state index contributed by atoms with van der Waals surface area (Å²) >= 11 is 0. The van der Waals surface area contributed by atoms with Crippen LogP contribution in [0.3, 0.4) is 0 Å². The largest absolute Gasteiger partial charge is 0.457 e. The molecular weight excluding hydrogens is 459 g/mol. The van der Waals surface area contributed by atoms with Crippen LogP contribution in [0, 0.1) is 5.92 Å². The smallest absolute Gasteiger partial charge is 0.416 e. The van der Waals surface area contributed by atoms with Crippen molar-refractivity contribution >= 4 is 21.8 Å². The van der Waals surface area contributed by atoms with E-state index in [4.69, 9.17) is 4.74 Å². The van der Waals surface area contributed by atoms with Gasteiger partial charge in [-0.2, -0.15) is 17.5 Å². The lowest BCUT2D eigenvalue weighted by Gasteiger charge is -2.30. The molecule has 1 aliphatic rings. The summed E-state index contributed by atoms with van der Waals surface area (Å²) in [5.41, 5.74) is 0.466. The van der Waals surface area contributed by atoms with Gasteiger partial charge in [-0.25, -0.2) is 8.42 Å². The Hall–Kier alpha value is -2.72. The Kier molecular flexibility index (Phi) is 7.58. The van der Waals surface area contributed by atoms with E-state index in [9.17, 15) is 31.2 Å². The number of hydrogen-bond acceptors (Lipinski definition) is 5. The number of halogens is 3. The molecule has 2 aromatic rings. The van der Waals surface area contributed by atoms with E-state index in [0.717, 1.165) is 34.5 Å². The van der Waals surface area contributed by atoms with Crippen LogP contribution in [0.15, 0.2) is 53.4 Å². The Morgan fingerprint density at radius 1 is 1.06 bits per heavy atom. The maximum Gasteiger partial charge on any atom is 0.416 e. The molecule has 0 bridgehead atoms.